The Labute approximate surface area is 112 Å². The monoisotopic (exact) mass is 266 g/mol. The minimum absolute atomic E-state index is 0.153. The first-order valence-electron chi connectivity index (χ1n) is 5.58. The third kappa shape index (κ3) is 4.27. The van der Waals surface area contributed by atoms with Gasteiger partial charge < -0.3 is 9.64 Å². The molecule has 5 heteroatoms. The molecule has 0 aliphatic rings. The molecule has 0 bridgehead atoms. The molecule has 1 rings (SSSR count). The molecule has 0 N–H and O–H groups in total. The van der Waals surface area contributed by atoms with Gasteiger partial charge in [-0.25, -0.2) is 0 Å². The van der Waals surface area contributed by atoms with Crippen LogP contribution in [0.4, 0.5) is 0 Å². The molecule has 4 nitrogen and oxygen atoms in total. The van der Waals surface area contributed by atoms with Crippen LogP contribution in [0.2, 0.25) is 5.02 Å². The van der Waals surface area contributed by atoms with Crippen LogP contribution in [-0.4, -0.2) is 30.5 Å². The van der Waals surface area contributed by atoms with E-state index in [-0.39, 0.29) is 5.91 Å². The molecule has 0 aromatic heterocycles. The van der Waals surface area contributed by atoms with Crippen LogP contribution in [0.15, 0.2) is 24.3 Å². The highest BCUT2D eigenvalue weighted by Crippen LogP contribution is 2.17. The maximum atomic E-state index is 11.9. The molecule has 18 heavy (non-hydrogen) atoms. The molecule has 96 valence electrons. The van der Waals surface area contributed by atoms with Crippen molar-refractivity contribution < 1.29 is 9.53 Å². The molecule has 1 aromatic rings. The van der Waals surface area contributed by atoms with E-state index < -0.39 is 6.10 Å². The van der Waals surface area contributed by atoms with Crippen molar-refractivity contribution in [2.24, 2.45) is 0 Å². The van der Waals surface area contributed by atoms with Crippen LogP contribution < -0.4 is 4.74 Å². The third-order valence-electron chi connectivity index (χ3n) is 2.41. The van der Waals surface area contributed by atoms with Crippen LogP contribution in [0.5, 0.6) is 5.75 Å². The van der Waals surface area contributed by atoms with Gasteiger partial charge in [0, 0.05) is 18.6 Å². The van der Waals surface area contributed by atoms with Gasteiger partial charge in [-0.1, -0.05) is 11.6 Å². The molecular formula is C13H15ClN2O2. The zero-order chi connectivity index (χ0) is 13.5. The first kappa shape index (κ1) is 14.3. The Hall–Kier alpha value is -1.73. The highest BCUT2D eigenvalue weighted by atomic mass is 35.5. The number of halogens is 1. The Bertz CT molecular complexity index is 439. The number of benzene rings is 1. The predicted octanol–water partition coefficient (Wildman–Crippen LogP) is 2.48. The van der Waals surface area contributed by atoms with E-state index >= 15 is 0 Å². The van der Waals surface area contributed by atoms with Crippen molar-refractivity contribution in [1.82, 2.24) is 4.90 Å². The lowest BCUT2D eigenvalue weighted by Crippen LogP contribution is -2.38. The van der Waals surface area contributed by atoms with Gasteiger partial charge in [0.2, 0.25) is 0 Å². The summed E-state index contributed by atoms with van der Waals surface area (Å²) >= 11 is 5.76. The lowest BCUT2D eigenvalue weighted by Gasteiger charge is -2.21. The summed E-state index contributed by atoms with van der Waals surface area (Å²) < 4.78 is 5.50. The van der Waals surface area contributed by atoms with Crippen LogP contribution in [0, 0.1) is 11.3 Å². The standard InChI is InChI=1S/C13H15ClN2O2/c1-10(13(17)16(2)9-3-8-15)18-12-6-4-11(14)5-7-12/h4-7,10H,3,9H2,1-2H3. The Morgan fingerprint density at radius 3 is 2.67 bits per heavy atom. The molecule has 0 radical (unpaired) electrons. The van der Waals surface area contributed by atoms with Crippen molar-refractivity contribution in [1.29, 1.82) is 5.26 Å². The van der Waals surface area contributed by atoms with Gasteiger partial charge in [0.05, 0.1) is 12.5 Å². The zero-order valence-electron chi connectivity index (χ0n) is 10.4. The number of rotatable bonds is 5. The van der Waals surface area contributed by atoms with Crippen molar-refractivity contribution in [3.8, 4) is 11.8 Å². The summed E-state index contributed by atoms with van der Waals surface area (Å²) in [5.41, 5.74) is 0. The van der Waals surface area contributed by atoms with E-state index in [1.807, 2.05) is 6.07 Å². The average Bonchev–Trinajstić information content (AvgIpc) is 2.37. The van der Waals surface area contributed by atoms with E-state index in [4.69, 9.17) is 21.6 Å². The Morgan fingerprint density at radius 1 is 1.50 bits per heavy atom. The number of amides is 1. The number of nitriles is 1. The van der Waals surface area contributed by atoms with Crippen molar-refractivity contribution in [3.05, 3.63) is 29.3 Å². The highest BCUT2D eigenvalue weighted by Gasteiger charge is 2.18. The smallest absolute Gasteiger partial charge is 0.263 e. The van der Waals surface area contributed by atoms with Gasteiger partial charge in [-0.15, -0.1) is 0 Å². The van der Waals surface area contributed by atoms with Crippen molar-refractivity contribution >= 4 is 17.5 Å². The molecule has 0 spiro atoms. The summed E-state index contributed by atoms with van der Waals surface area (Å²) in [6.45, 7) is 2.09. The summed E-state index contributed by atoms with van der Waals surface area (Å²) in [4.78, 5) is 13.4. The molecule has 1 aromatic carbocycles. The lowest BCUT2D eigenvalue weighted by molar-refractivity contribution is -0.136. The van der Waals surface area contributed by atoms with Crippen LogP contribution in [0.25, 0.3) is 0 Å². The molecule has 0 saturated heterocycles. The molecule has 0 saturated carbocycles. The lowest BCUT2D eigenvalue weighted by atomic mass is 10.3. The Balaban J connectivity index is 2.54. The fraction of sp³-hybridized carbons (Fsp3) is 0.385. The van der Waals surface area contributed by atoms with Crippen LogP contribution in [0.1, 0.15) is 13.3 Å². The molecule has 0 fully saturated rings. The van der Waals surface area contributed by atoms with E-state index in [1.165, 1.54) is 4.90 Å². The molecule has 1 atom stereocenters. The first-order chi connectivity index (χ1) is 8.54. The number of ether oxygens (including phenoxy) is 1. The van der Waals surface area contributed by atoms with E-state index in [1.54, 1.807) is 38.2 Å². The maximum Gasteiger partial charge on any atom is 0.263 e. The SMILES string of the molecule is CC(Oc1ccc(Cl)cc1)C(=O)N(C)CCC#N. The number of carbonyl (C=O) groups is 1. The molecule has 0 heterocycles. The number of likely N-dealkylation sites (N-methyl/N-ethyl adjacent to an activating group) is 1. The molecular weight excluding hydrogens is 252 g/mol. The van der Waals surface area contributed by atoms with Gasteiger partial charge in [0.15, 0.2) is 6.10 Å². The number of hydrogen-bond donors (Lipinski definition) is 0. The second kappa shape index (κ2) is 6.87. The first-order valence-corrected chi connectivity index (χ1v) is 5.96. The fourth-order valence-electron chi connectivity index (χ4n) is 1.41. The van der Waals surface area contributed by atoms with Crippen LogP contribution in [-0.2, 0) is 4.79 Å². The van der Waals surface area contributed by atoms with Crippen LogP contribution in [0.3, 0.4) is 0 Å². The second-order valence-electron chi connectivity index (χ2n) is 3.88. The quantitative estimate of drug-likeness (QED) is 0.823. The normalized spacial score (nSPS) is 11.4. The topological polar surface area (TPSA) is 53.3 Å². The third-order valence-corrected chi connectivity index (χ3v) is 2.66. The molecule has 1 amide bonds. The minimum atomic E-state index is -0.588. The number of hydrogen-bond acceptors (Lipinski definition) is 3. The van der Waals surface area contributed by atoms with Gasteiger partial charge in [0.1, 0.15) is 5.75 Å². The molecule has 0 aliphatic heterocycles. The largest absolute Gasteiger partial charge is 0.481 e. The Morgan fingerprint density at radius 2 is 2.11 bits per heavy atom. The van der Waals surface area contributed by atoms with Crippen LogP contribution >= 0.6 is 11.6 Å². The summed E-state index contributed by atoms with van der Waals surface area (Å²) in [7, 11) is 1.65. The summed E-state index contributed by atoms with van der Waals surface area (Å²) in [6, 6.07) is 8.82. The van der Waals surface area contributed by atoms with Crippen molar-refractivity contribution in [2.75, 3.05) is 13.6 Å². The second-order valence-corrected chi connectivity index (χ2v) is 4.32. The summed E-state index contributed by atoms with van der Waals surface area (Å²) in [6.07, 6.45) is -0.273. The maximum absolute atomic E-state index is 11.9. The number of carbonyl (C=O) groups excluding carboxylic acids is 1. The van der Waals surface area contributed by atoms with E-state index in [0.29, 0.717) is 23.7 Å². The van der Waals surface area contributed by atoms with Gasteiger partial charge in [-0.05, 0) is 31.2 Å². The van der Waals surface area contributed by atoms with Crippen molar-refractivity contribution in [3.63, 3.8) is 0 Å². The number of nitrogens with zero attached hydrogens (tertiary/aromatic N) is 2. The summed E-state index contributed by atoms with van der Waals surface area (Å²) in [5, 5.41) is 9.08. The summed E-state index contributed by atoms with van der Waals surface area (Å²) in [5.74, 6) is 0.439. The Kier molecular flexibility index (Phi) is 5.47. The average molecular weight is 267 g/mol. The van der Waals surface area contributed by atoms with Gasteiger partial charge in [-0.2, -0.15) is 5.26 Å². The minimum Gasteiger partial charge on any atom is -0.481 e. The predicted molar refractivity (Wildman–Crippen MR) is 69.4 cm³/mol. The molecule has 1 unspecified atom stereocenters. The van der Waals surface area contributed by atoms with E-state index in [9.17, 15) is 4.79 Å². The van der Waals surface area contributed by atoms with Gasteiger partial charge in [-0.3, -0.25) is 4.79 Å². The molecule has 0 aliphatic carbocycles. The zero-order valence-corrected chi connectivity index (χ0v) is 11.1. The highest BCUT2D eigenvalue weighted by molar-refractivity contribution is 6.30. The van der Waals surface area contributed by atoms with E-state index in [2.05, 4.69) is 0 Å². The van der Waals surface area contributed by atoms with Crippen molar-refractivity contribution in [2.45, 2.75) is 19.4 Å². The fourth-order valence-corrected chi connectivity index (χ4v) is 1.53. The van der Waals surface area contributed by atoms with Gasteiger partial charge in [0.25, 0.3) is 5.91 Å². The van der Waals surface area contributed by atoms with Gasteiger partial charge >= 0.3 is 0 Å². The van der Waals surface area contributed by atoms with E-state index in [0.717, 1.165) is 0 Å².